The normalized spacial score (nSPS) is 11.2. The monoisotopic (exact) mass is 367 g/mol. The molecule has 0 atom stereocenters. The Kier molecular flexibility index (Phi) is 3.77. The molecular weight excluding hydrogens is 354 g/mol. The summed E-state index contributed by atoms with van der Waals surface area (Å²) < 4.78 is 1.82. The van der Waals surface area contributed by atoms with E-state index >= 15 is 0 Å². The molecule has 0 amide bonds. The number of aromatic nitrogens is 7. The molecule has 9 heteroatoms. The van der Waals surface area contributed by atoms with Crippen molar-refractivity contribution in [3.63, 3.8) is 0 Å². The summed E-state index contributed by atoms with van der Waals surface area (Å²) >= 11 is 6.12. The van der Waals surface area contributed by atoms with Crippen molar-refractivity contribution in [2.24, 2.45) is 7.05 Å². The molecule has 0 aliphatic heterocycles. The first-order chi connectivity index (χ1) is 12.4. The van der Waals surface area contributed by atoms with Crippen molar-refractivity contribution in [2.45, 2.75) is 13.8 Å². The van der Waals surface area contributed by atoms with Crippen LogP contribution >= 0.6 is 11.6 Å². The Labute approximate surface area is 152 Å². The van der Waals surface area contributed by atoms with Crippen molar-refractivity contribution >= 4 is 22.8 Å². The maximum Gasteiger partial charge on any atom is 0.209 e. The molecule has 0 bridgehead atoms. The van der Waals surface area contributed by atoms with Gasteiger partial charge in [-0.1, -0.05) is 11.6 Å². The Balaban J connectivity index is 2.12. The van der Waals surface area contributed by atoms with E-state index in [9.17, 15) is 4.79 Å². The van der Waals surface area contributed by atoms with Crippen molar-refractivity contribution in [1.82, 2.24) is 34.7 Å². The van der Waals surface area contributed by atoms with Crippen molar-refractivity contribution in [2.75, 3.05) is 0 Å². The summed E-state index contributed by atoms with van der Waals surface area (Å²) in [5.41, 5.74) is 2.85. The molecule has 0 aliphatic carbocycles. The van der Waals surface area contributed by atoms with Gasteiger partial charge in [0.15, 0.2) is 17.0 Å². The summed E-state index contributed by atoms with van der Waals surface area (Å²) in [6.45, 7) is 3.68. The van der Waals surface area contributed by atoms with Gasteiger partial charge in [-0.3, -0.25) is 4.79 Å². The van der Waals surface area contributed by atoms with Crippen LogP contribution in [0.2, 0.25) is 5.15 Å². The van der Waals surface area contributed by atoms with E-state index < -0.39 is 0 Å². The summed E-state index contributed by atoms with van der Waals surface area (Å²) in [7, 11) is 1.85. The molecular formula is C17H14ClN7O. The van der Waals surface area contributed by atoms with Gasteiger partial charge in [-0.2, -0.15) is 0 Å². The summed E-state index contributed by atoms with van der Waals surface area (Å²) in [4.78, 5) is 28.6. The van der Waals surface area contributed by atoms with Gasteiger partial charge in [0.25, 0.3) is 0 Å². The smallest absolute Gasteiger partial charge is 0.209 e. The van der Waals surface area contributed by atoms with Gasteiger partial charge in [0.2, 0.25) is 5.43 Å². The number of aromatic amines is 1. The van der Waals surface area contributed by atoms with E-state index in [-0.39, 0.29) is 10.9 Å². The van der Waals surface area contributed by atoms with Crippen LogP contribution < -0.4 is 5.43 Å². The van der Waals surface area contributed by atoms with E-state index in [2.05, 4.69) is 30.1 Å². The summed E-state index contributed by atoms with van der Waals surface area (Å²) in [5, 5.41) is 8.65. The number of hydrogen-bond donors (Lipinski definition) is 1. The Morgan fingerprint density at radius 1 is 1.08 bits per heavy atom. The molecule has 0 aliphatic rings. The van der Waals surface area contributed by atoms with Gasteiger partial charge in [-0.15, -0.1) is 10.2 Å². The number of aryl methyl sites for hydroxylation is 2. The van der Waals surface area contributed by atoms with Crippen molar-refractivity contribution in [3.05, 3.63) is 51.3 Å². The van der Waals surface area contributed by atoms with Crippen LogP contribution in [0.5, 0.6) is 0 Å². The molecule has 0 saturated heterocycles. The van der Waals surface area contributed by atoms with E-state index in [1.807, 2.05) is 31.5 Å². The standard InChI is InChI=1S/C17H14ClN7O/c1-8-6-10(7-12(18)20-8)13-15(17-24-23-9(2)25(17)3)22-16-14(21-13)11(26)4-5-19-16/h4-7H,1-3H3,(H,19,22,26). The van der Waals surface area contributed by atoms with Gasteiger partial charge >= 0.3 is 0 Å². The fourth-order valence-corrected chi connectivity index (χ4v) is 2.97. The molecule has 4 heterocycles. The van der Waals surface area contributed by atoms with Gasteiger partial charge in [0.05, 0.1) is 0 Å². The Morgan fingerprint density at radius 2 is 1.88 bits per heavy atom. The van der Waals surface area contributed by atoms with Crippen molar-refractivity contribution in [3.8, 4) is 22.8 Å². The molecule has 1 N–H and O–H groups in total. The van der Waals surface area contributed by atoms with E-state index in [0.29, 0.717) is 33.6 Å². The molecule has 26 heavy (non-hydrogen) atoms. The minimum Gasteiger partial charge on any atom is -0.345 e. The third-order valence-corrected chi connectivity index (χ3v) is 4.28. The van der Waals surface area contributed by atoms with Gasteiger partial charge < -0.3 is 9.55 Å². The van der Waals surface area contributed by atoms with Crippen LogP contribution in [0.25, 0.3) is 33.9 Å². The molecule has 0 radical (unpaired) electrons. The predicted molar refractivity (Wildman–Crippen MR) is 97.9 cm³/mol. The lowest BCUT2D eigenvalue weighted by atomic mass is 10.1. The predicted octanol–water partition coefficient (Wildman–Crippen LogP) is 2.45. The van der Waals surface area contributed by atoms with Gasteiger partial charge in [0, 0.05) is 30.6 Å². The van der Waals surface area contributed by atoms with Crippen LogP contribution in [0.1, 0.15) is 11.5 Å². The van der Waals surface area contributed by atoms with Gasteiger partial charge in [-0.05, 0) is 26.0 Å². The van der Waals surface area contributed by atoms with Gasteiger partial charge in [0.1, 0.15) is 22.4 Å². The molecule has 0 saturated carbocycles. The lowest BCUT2D eigenvalue weighted by Gasteiger charge is -2.10. The lowest BCUT2D eigenvalue weighted by Crippen LogP contribution is -2.08. The summed E-state index contributed by atoms with van der Waals surface area (Å²) in [5.74, 6) is 1.28. The average molecular weight is 368 g/mol. The van der Waals surface area contributed by atoms with Crippen molar-refractivity contribution < 1.29 is 0 Å². The van der Waals surface area contributed by atoms with Crippen LogP contribution in [0, 0.1) is 13.8 Å². The average Bonchev–Trinajstić information content (AvgIpc) is 2.92. The molecule has 0 unspecified atom stereocenters. The topological polar surface area (TPSA) is 102 Å². The van der Waals surface area contributed by atoms with Crippen molar-refractivity contribution in [1.29, 1.82) is 0 Å². The third kappa shape index (κ3) is 2.64. The second-order valence-corrected chi connectivity index (χ2v) is 6.30. The Hall–Kier alpha value is -3.13. The third-order valence-electron chi connectivity index (χ3n) is 4.08. The molecule has 8 nitrogen and oxygen atoms in total. The SMILES string of the molecule is Cc1cc(-c2nc3c(=O)cc[nH]c3nc2-c2nnc(C)n2C)cc(Cl)n1. The highest BCUT2D eigenvalue weighted by Gasteiger charge is 2.20. The minimum atomic E-state index is -0.218. The maximum atomic E-state index is 12.2. The summed E-state index contributed by atoms with van der Waals surface area (Å²) in [6.07, 6.45) is 1.54. The number of H-pyrrole nitrogens is 1. The minimum absolute atomic E-state index is 0.218. The molecule has 0 spiro atoms. The van der Waals surface area contributed by atoms with Gasteiger partial charge in [-0.25, -0.2) is 15.0 Å². The molecule has 4 aromatic rings. The van der Waals surface area contributed by atoms with Crippen LogP contribution in [0.15, 0.2) is 29.2 Å². The zero-order chi connectivity index (χ0) is 18.4. The Bertz CT molecular complexity index is 1190. The quantitative estimate of drug-likeness (QED) is 0.546. The van der Waals surface area contributed by atoms with E-state index in [4.69, 9.17) is 11.6 Å². The van der Waals surface area contributed by atoms with E-state index in [1.165, 1.54) is 12.3 Å². The molecule has 4 rings (SSSR count). The molecule has 0 aromatic carbocycles. The number of hydrogen-bond acceptors (Lipinski definition) is 6. The van der Waals surface area contributed by atoms with Crippen LogP contribution in [0.3, 0.4) is 0 Å². The van der Waals surface area contributed by atoms with Crippen LogP contribution in [0.4, 0.5) is 0 Å². The number of pyridine rings is 2. The first-order valence-corrected chi connectivity index (χ1v) is 8.22. The highest BCUT2D eigenvalue weighted by Crippen LogP contribution is 2.30. The zero-order valence-corrected chi connectivity index (χ0v) is 15.0. The van der Waals surface area contributed by atoms with Crippen LogP contribution in [-0.2, 0) is 7.05 Å². The Morgan fingerprint density at radius 3 is 2.58 bits per heavy atom. The van der Waals surface area contributed by atoms with E-state index in [1.54, 1.807) is 6.07 Å². The molecule has 4 aromatic heterocycles. The largest absolute Gasteiger partial charge is 0.345 e. The number of nitrogens with zero attached hydrogens (tertiary/aromatic N) is 6. The molecule has 130 valence electrons. The first kappa shape index (κ1) is 16.3. The fraction of sp³-hybridized carbons (Fsp3) is 0.176. The van der Waals surface area contributed by atoms with Crippen LogP contribution in [-0.4, -0.2) is 34.7 Å². The second kappa shape index (κ2) is 5.99. The highest BCUT2D eigenvalue weighted by atomic mass is 35.5. The second-order valence-electron chi connectivity index (χ2n) is 5.91. The highest BCUT2D eigenvalue weighted by molar-refractivity contribution is 6.29. The number of rotatable bonds is 2. The number of nitrogens with one attached hydrogen (secondary N) is 1. The fourth-order valence-electron chi connectivity index (χ4n) is 2.72. The zero-order valence-electron chi connectivity index (χ0n) is 14.3. The number of halogens is 1. The molecule has 0 fully saturated rings. The number of fused-ring (bicyclic) bond motifs is 1. The lowest BCUT2D eigenvalue weighted by molar-refractivity contribution is 0.861. The summed E-state index contributed by atoms with van der Waals surface area (Å²) in [6, 6.07) is 4.94. The first-order valence-electron chi connectivity index (χ1n) is 7.84. The van der Waals surface area contributed by atoms with E-state index in [0.717, 1.165) is 11.5 Å². The maximum absolute atomic E-state index is 12.2.